The van der Waals surface area contributed by atoms with E-state index in [1.165, 1.54) is 4.90 Å². The topological polar surface area (TPSA) is 164 Å². The van der Waals surface area contributed by atoms with E-state index in [4.69, 9.17) is 15.6 Å². The van der Waals surface area contributed by atoms with E-state index >= 15 is 0 Å². The highest BCUT2D eigenvalue weighted by atomic mass is 16.5. The van der Waals surface area contributed by atoms with Crippen LogP contribution in [0.2, 0.25) is 0 Å². The maximum absolute atomic E-state index is 13.7. The molecule has 2 saturated carbocycles. The molecule has 34 heavy (non-hydrogen) atoms. The monoisotopic (exact) mass is 472 g/mol. The molecule has 3 aliphatic carbocycles. The van der Waals surface area contributed by atoms with Crippen LogP contribution in [-0.2, 0) is 25.6 Å². The number of hydrogen-bond acceptors (Lipinski definition) is 9. The number of carbonyl (C=O) groups is 5. The van der Waals surface area contributed by atoms with E-state index in [0.29, 0.717) is 18.4 Å². The zero-order valence-electron chi connectivity index (χ0n) is 19.0. The Balaban J connectivity index is 1.79. The van der Waals surface area contributed by atoms with E-state index < -0.39 is 64.4 Å². The summed E-state index contributed by atoms with van der Waals surface area (Å²) >= 11 is 0. The number of amides is 1. The molecule has 1 aromatic rings. The number of benzene rings is 1. The fraction of sp³-hybridized carbons (Fsp3) is 0.542. The molecular weight excluding hydrogens is 444 g/mol. The van der Waals surface area contributed by atoms with Gasteiger partial charge in [0.05, 0.1) is 24.1 Å². The second-order valence-electron chi connectivity index (χ2n) is 9.51. The van der Waals surface area contributed by atoms with Crippen LogP contribution in [0.15, 0.2) is 18.2 Å². The van der Waals surface area contributed by atoms with Crippen molar-refractivity contribution in [2.75, 3.05) is 27.3 Å². The molecule has 6 atom stereocenters. The smallest absolute Gasteiger partial charge is 0.235 e. The predicted molar refractivity (Wildman–Crippen MR) is 117 cm³/mol. The van der Waals surface area contributed by atoms with Gasteiger partial charge in [-0.25, -0.2) is 0 Å². The van der Waals surface area contributed by atoms with Crippen molar-refractivity contribution in [3.63, 3.8) is 0 Å². The van der Waals surface area contributed by atoms with Crippen molar-refractivity contribution in [2.45, 2.75) is 30.9 Å². The molecule has 1 amide bonds. The lowest BCUT2D eigenvalue weighted by atomic mass is 9.52. The van der Waals surface area contributed by atoms with Gasteiger partial charge in [0.1, 0.15) is 5.75 Å². The van der Waals surface area contributed by atoms with Gasteiger partial charge in [-0.3, -0.25) is 28.9 Å². The average Bonchev–Trinajstić information content (AvgIpc) is 2.76. The molecule has 0 aliphatic heterocycles. The van der Waals surface area contributed by atoms with Crippen molar-refractivity contribution in [3.8, 4) is 5.75 Å². The molecule has 2 fully saturated rings. The Morgan fingerprint density at radius 1 is 1.21 bits per heavy atom. The highest BCUT2D eigenvalue weighted by Crippen LogP contribution is 2.50. The van der Waals surface area contributed by atoms with Gasteiger partial charge in [-0.2, -0.15) is 0 Å². The van der Waals surface area contributed by atoms with E-state index in [1.54, 1.807) is 32.3 Å². The molecule has 10 heteroatoms. The lowest BCUT2D eigenvalue weighted by Crippen LogP contribution is -2.74. The molecule has 0 saturated heterocycles. The maximum atomic E-state index is 13.7. The number of nitrogens with zero attached hydrogens (tertiary/aromatic N) is 1. The Hall–Kier alpha value is -2.95. The largest absolute Gasteiger partial charge is 0.493 e. The van der Waals surface area contributed by atoms with Crippen molar-refractivity contribution in [3.05, 3.63) is 29.3 Å². The number of primary amides is 1. The van der Waals surface area contributed by atoms with Crippen molar-refractivity contribution < 1.29 is 38.9 Å². The summed E-state index contributed by atoms with van der Waals surface area (Å²) < 4.78 is 5.66. The van der Waals surface area contributed by atoms with Crippen LogP contribution in [0.5, 0.6) is 5.75 Å². The zero-order valence-corrected chi connectivity index (χ0v) is 19.0. The van der Waals surface area contributed by atoms with Gasteiger partial charge in [-0.1, -0.05) is 12.1 Å². The molecule has 0 spiro atoms. The van der Waals surface area contributed by atoms with Crippen LogP contribution in [0.4, 0.5) is 0 Å². The number of hydrogen-bond donors (Lipinski definition) is 3. The molecule has 0 radical (unpaired) electrons. The third-order valence-corrected chi connectivity index (χ3v) is 7.34. The number of rotatable bonds is 6. The summed E-state index contributed by atoms with van der Waals surface area (Å²) in [6, 6.07) is 4.00. The van der Waals surface area contributed by atoms with Crippen LogP contribution in [0, 0.1) is 23.7 Å². The predicted octanol–water partition coefficient (Wildman–Crippen LogP) is -1.08. The Morgan fingerprint density at radius 3 is 2.53 bits per heavy atom. The highest BCUT2D eigenvalue weighted by molar-refractivity contribution is 6.32. The van der Waals surface area contributed by atoms with E-state index in [0.717, 1.165) is 0 Å². The summed E-state index contributed by atoms with van der Waals surface area (Å²) in [6.45, 7) is 0.0785. The molecule has 0 heterocycles. The summed E-state index contributed by atoms with van der Waals surface area (Å²) in [4.78, 5) is 67.0. The lowest BCUT2D eigenvalue weighted by Gasteiger charge is -2.52. The average molecular weight is 472 g/mol. The van der Waals surface area contributed by atoms with E-state index in [-0.39, 0.29) is 30.9 Å². The molecule has 4 N–H and O–H groups in total. The number of fused-ring (bicyclic) bond motifs is 3. The molecule has 182 valence electrons. The Bertz CT molecular complexity index is 1080. The Morgan fingerprint density at radius 2 is 1.91 bits per heavy atom. The molecule has 0 bridgehead atoms. The fourth-order valence-electron chi connectivity index (χ4n) is 5.90. The highest BCUT2D eigenvalue weighted by Gasteiger charge is 2.69. The normalized spacial score (nSPS) is 32.8. The summed E-state index contributed by atoms with van der Waals surface area (Å²) in [5.41, 5.74) is 3.53. The summed E-state index contributed by atoms with van der Waals surface area (Å²) in [5, 5.41) is 20.5. The van der Waals surface area contributed by atoms with Crippen LogP contribution in [0.1, 0.15) is 28.8 Å². The van der Waals surface area contributed by atoms with Gasteiger partial charge in [-0.15, -0.1) is 0 Å². The molecule has 10 nitrogen and oxygen atoms in total. The zero-order chi connectivity index (χ0) is 24.9. The van der Waals surface area contributed by atoms with Crippen LogP contribution in [0.25, 0.3) is 0 Å². The Kier molecular flexibility index (Phi) is 6.17. The number of ketones is 4. The second-order valence-corrected chi connectivity index (χ2v) is 9.51. The SMILES string of the molecule is CN(C)[C@@H]1C(=O)C(C(N)=O)C(=O)[C@@]2(O)C(=O)C3C(=O)c4c(cccc4OCCCO)C[C@H]3C[C@@H]12. The maximum Gasteiger partial charge on any atom is 0.235 e. The molecule has 0 aromatic heterocycles. The van der Waals surface area contributed by atoms with Crippen molar-refractivity contribution >= 4 is 29.0 Å². The number of likely N-dealkylation sites (N-methyl/N-ethyl adjacent to an activating group) is 1. The quantitative estimate of drug-likeness (QED) is 0.345. The first-order chi connectivity index (χ1) is 16.0. The van der Waals surface area contributed by atoms with E-state index in [9.17, 15) is 29.1 Å². The second kappa shape index (κ2) is 8.68. The van der Waals surface area contributed by atoms with Crippen LogP contribution >= 0.6 is 0 Å². The number of aliphatic hydroxyl groups is 2. The number of Topliss-reactive ketones (excluding diaryl/α,β-unsaturated/α-hetero) is 4. The van der Waals surface area contributed by atoms with Crippen LogP contribution in [0.3, 0.4) is 0 Å². The van der Waals surface area contributed by atoms with Gasteiger partial charge in [0.15, 0.2) is 34.7 Å². The van der Waals surface area contributed by atoms with Crippen molar-refractivity contribution in [1.29, 1.82) is 0 Å². The number of ether oxygens (including phenoxy) is 1. The third-order valence-electron chi connectivity index (χ3n) is 7.34. The van der Waals surface area contributed by atoms with Gasteiger partial charge in [0, 0.05) is 18.9 Å². The molecule has 1 aromatic carbocycles. The third kappa shape index (κ3) is 3.40. The van der Waals surface area contributed by atoms with Gasteiger partial charge in [0.2, 0.25) is 5.91 Å². The fourth-order valence-corrected chi connectivity index (χ4v) is 5.90. The molecule has 4 rings (SSSR count). The number of nitrogens with two attached hydrogens (primary N) is 1. The molecule has 2 unspecified atom stereocenters. The van der Waals surface area contributed by atoms with Gasteiger partial charge >= 0.3 is 0 Å². The first-order valence-electron chi connectivity index (χ1n) is 11.3. The lowest BCUT2D eigenvalue weighted by molar-refractivity contribution is -0.181. The van der Waals surface area contributed by atoms with Gasteiger partial charge in [-0.05, 0) is 44.5 Å². The van der Waals surface area contributed by atoms with E-state index in [1.807, 2.05) is 0 Å². The molecule has 3 aliphatic rings. The van der Waals surface area contributed by atoms with Crippen molar-refractivity contribution in [1.82, 2.24) is 4.90 Å². The van der Waals surface area contributed by atoms with Gasteiger partial charge < -0.3 is 20.7 Å². The summed E-state index contributed by atoms with van der Waals surface area (Å²) in [5.74, 6) is -9.43. The first kappa shape index (κ1) is 24.2. The van der Waals surface area contributed by atoms with Gasteiger partial charge in [0.25, 0.3) is 0 Å². The standard InChI is InChI=1S/C24H28N2O8/c1-26(2)18-13-10-12-9-11-5-3-6-14(34-8-4-7-27)15(11)19(28)16(12)21(30)24(13,33)22(31)17(20(18)29)23(25)32/h3,5-6,12-13,16-18,27,33H,4,7-10H2,1-2H3,(H2,25,32)/t12-,13-,16?,17?,18-,24-/m0/s1. The minimum atomic E-state index is -2.68. The van der Waals surface area contributed by atoms with E-state index in [2.05, 4.69) is 0 Å². The Labute approximate surface area is 196 Å². The minimum Gasteiger partial charge on any atom is -0.493 e. The van der Waals surface area contributed by atoms with Crippen LogP contribution < -0.4 is 10.5 Å². The first-order valence-corrected chi connectivity index (χ1v) is 11.3. The minimum absolute atomic E-state index is 0.0689. The molecular formula is C24H28N2O8. The van der Waals surface area contributed by atoms with Crippen LogP contribution in [-0.4, -0.2) is 83.1 Å². The van der Waals surface area contributed by atoms with Crippen molar-refractivity contribution in [2.24, 2.45) is 29.4 Å². The number of aliphatic hydroxyl groups excluding tert-OH is 1. The summed E-state index contributed by atoms with van der Waals surface area (Å²) in [7, 11) is 3.12. The number of carbonyl (C=O) groups excluding carboxylic acids is 5. The summed E-state index contributed by atoms with van der Waals surface area (Å²) in [6.07, 6.45) is 0.746.